The molecule has 0 atom stereocenters. The minimum atomic E-state index is -0.301. The van der Waals surface area contributed by atoms with Crippen molar-refractivity contribution in [3.63, 3.8) is 0 Å². The monoisotopic (exact) mass is 350 g/mol. The number of nitrogens with one attached hydrogen (secondary N) is 3. The third kappa shape index (κ3) is 6.45. The van der Waals surface area contributed by atoms with Gasteiger partial charge in [-0.05, 0) is 62.7 Å². The number of hydrogen-bond donors (Lipinski definition) is 3. The highest BCUT2D eigenvalue weighted by Crippen LogP contribution is 2.10. The lowest BCUT2D eigenvalue weighted by Gasteiger charge is -2.23. The third-order valence-corrected chi connectivity index (χ3v) is 4.45. The van der Waals surface area contributed by atoms with Crippen molar-refractivity contribution in [1.29, 1.82) is 0 Å². The van der Waals surface area contributed by atoms with Gasteiger partial charge in [0.05, 0.1) is 31.8 Å². The Labute approximate surface area is 149 Å². The summed E-state index contributed by atoms with van der Waals surface area (Å²) in [4.78, 5) is 13.3. The summed E-state index contributed by atoms with van der Waals surface area (Å²) in [6.45, 7) is 6.90. The largest absolute Gasteiger partial charge is 0.462 e. The fourth-order valence-electron chi connectivity index (χ4n) is 2.92. The second-order valence-electron chi connectivity index (χ2n) is 6.09. The van der Waals surface area contributed by atoms with E-state index in [1.807, 2.05) is 12.1 Å². The van der Waals surface area contributed by atoms with Gasteiger partial charge in [0.25, 0.3) is 0 Å². The molecule has 0 aliphatic carbocycles. The van der Waals surface area contributed by atoms with Crippen LogP contribution in [-0.4, -0.2) is 43.9 Å². The third-order valence-electron chi connectivity index (χ3n) is 4.21. The van der Waals surface area contributed by atoms with Crippen molar-refractivity contribution in [3.8, 4) is 0 Å². The number of esters is 1. The smallest absolute Gasteiger partial charge is 0.338 e. The summed E-state index contributed by atoms with van der Waals surface area (Å²) in [6, 6.07) is 7.14. The van der Waals surface area contributed by atoms with Gasteiger partial charge in [0, 0.05) is 18.7 Å². The van der Waals surface area contributed by atoms with Gasteiger partial charge in [-0.25, -0.2) is 4.79 Å². The number of ether oxygens (including phenoxy) is 1. The molecule has 0 unspecified atom stereocenters. The predicted octanol–water partition coefficient (Wildman–Crippen LogP) is 1.61. The molecule has 1 aliphatic rings. The second-order valence-corrected chi connectivity index (χ2v) is 6.50. The van der Waals surface area contributed by atoms with E-state index < -0.39 is 0 Å². The maximum atomic E-state index is 11.6. The Balaban J connectivity index is 1.65. The van der Waals surface area contributed by atoms with Gasteiger partial charge in [-0.2, -0.15) is 0 Å². The first-order valence-electron chi connectivity index (χ1n) is 8.84. The van der Waals surface area contributed by atoms with E-state index in [9.17, 15) is 4.79 Å². The molecule has 5 nitrogen and oxygen atoms in total. The standard InChI is InChI=1S/C18H27N3O2S/c1-2-23-17(22)15-7-9-16(10-8-15)20-18(24)19-11-6-14-21-12-4-3-5-13-21/h7-10H,2-6,11-14H2,1H3,(H2,19,20,24)/p+1. The molecular weight excluding hydrogens is 322 g/mol. The Morgan fingerprint density at radius 1 is 1.21 bits per heavy atom. The van der Waals surface area contributed by atoms with Crippen LogP contribution in [0.2, 0.25) is 0 Å². The molecular formula is C18H28N3O2S+. The first-order chi connectivity index (χ1) is 11.7. The van der Waals surface area contributed by atoms with E-state index in [4.69, 9.17) is 17.0 Å². The number of piperidine rings is 1. The lowest BCUT2D eigenvalue weighted by Crippen LogP contribution is -3.12. The van der Waals surface area contributed by atoms with Gasteiger partial charge in [0.1, 0.15) is 0 Å². The van der Waals surface area contributed by atoms with Crippen LogP contribution in [-0.2, 0) is 4.74 Å². The molecule has 1 aliphatic heterocycles. The SMILES string of the molecule is CCOC(=O)c1ccc(NC(=S)NCCC[NH+]2CCCCC2)cc1. The van der Waals surface area contributed by atoms with Gasteiger partial charge >= 0.3 is 5.97 Å². The van der Waals surface area contributed by atoms with Gasteiger partial charge in [-0.15, -0.1) is 0 Å². The van der Waals surface area contributed by atoms with Crippen LogP contribution in [0, 0.1) is 0 Å². The van der Waals surface area contributed by atoms with Crippen LogP contribution in [0.25, 0.3) is 0 Å². The molecule has 0 aromatic heterocycles. The Morgan fingerprint density at radius 3 is 2.58 bits per heavy atom. The van der Waals surface area contributed by atoms with Crippen LogP contribution in [0.4, 0.5) is 5.69 Å². The van der Waals surface area contributed by atoms with Crippen molar-refractivity contribution in [1.82, 2.24) is 5.32 Å². The van der Waals surface area contributed by atoms with Crippen molar-refractivity contribution < 1.29 is 14.4 Å². The summed E-state index contributed by atoms with van der Waals surface area (Å²) in [5.41, 5.74) is 1.41. The zero-order valence-electron chi connectivity index (χ0n) is 14.4. The highest BCUT2D eigenvalue weighted by Gasteiger charge is 2.12. The van der Waals surface area contributed by atoms with Gasteiger partial charge in [-0.1, -0.05) is 0 Å². The first-order valence-corrected chi connectivity index (χ1v) is 9.25. The van der Waals surface area contributed by atoms with Crippen molar-refractivity contribution in [2.24, 2.45) is 0 Å². The van der Waals surface area contributed by atoms with Gasteiger partial charge in [0.2, 0.25) is 0 Å². The normalized spacial score (nSPS) is 14.9. The summed E-state index contributed by atoms with van der Waals surface area (Å²) in [5, 5.41) is 7.00. The molecule has 3 N–H and O–H groups in total. The van der Waals surface area contributed by atoms with E-state index in [-0.39, 0.29) is 5.97 Å². The van der Waals surface area contributed by atoms with Gasteiger partial charge < -0.3 is 20.3 Å². The number of benzene rings is 1. The van der Waals surface area contributed by atoms with Crippen LogP contribution in [0.5, 0.6) is 0 Å². The maximum Gasteiger partial charge on any atom is 0.338 e. The molecule has 6 heteroatoms. The van der Waals surface area contributed by atoms with Crippen LogP contribution in [0.1, 0.15) is 43.0 Å². The minimum absolute atomic E-state index is 0.301. The number of carbonyl (C=O) groups is 1. The Morgan fingerprint density at radius 2 is 1.92 bits per heavy atom. The van der Waals surface area contributed by atoms with E-state index in [1.165, 1.54) is 38.9 Å². The molecule has 1 aromatic carbocycles. The lowest BCUT2D eigenvalue weighted by atomic mass is 10.1. The molecule has 0 spiro atoms. The van der Waals surface area contributed by atoms with Gasteiger partial charge in [0.15, 0.2) is 5.11 Å². The molecule has 0 amide bonds. The predicted molar refractivity (Wildman–Crippen MR) is 101 cm³/mol. The van der Waals surface area contributed by atoms with E-state index in [0.717, 1.165) is 18.7 Å². The Kier molecular flexibility index (Phi) is 7.98. The van der Waals surface area contributed by atoms with Crippen LogP contribution >= 0.6 is 12.2 Å². The molecule has 1 aromatic rings. The zero-order valence-corrected chi connectivity index (χ0v) is 15.2. The fourth-order valence-corrected chi connectivity index (χ4v) is 3.14. The molecule has 1 heterocycles. The average molecular weight is 351 g/mol. The summed E-state index contributed by atoms with van der Waals surface area (Å²) in [5.74, 6) is -0.301. The number of carbonyl (C=O) groups excluding carboxylic acids is 1. The summed E-state index contributed by atoms with van der Waals surface area (Å²) in [6.07, 6.45) is 5.25. The molecule has 0 radical (unpaired) electrons. The van der Waals surface area contributed by atoms with Crippen molar-refractivity contribution >= 4 is 29.0 Å². The summed E-state index contributed by atoms with van der Waals surface area (Å²) >= 11 is 5.31. The molecule has 132 valence electrons. The highest BCUT2D eigenvalue weighted by atomic mass is 32.1. The summed E-state index contributed by atoms with van der Waals surface area (Å²) < 4.78 is 4.96. The maximum absolute atomic E-state index is 11.6. The Hall–Kier alpha value is -1.66. The molecule has 24 heavy (non-hydrogen) atoms. The molecule has 1 fully saturated rings. The lowest BCUT2D eigenvalue weighted by molar-refractivity contribution is -0.904. The number of thiocarbonyl (C=S) groups is 1. The molecule has 0 saturated carbocycles. The van der Waals surface area contributed by atoms with Crippen molar-refractivity contribution in [2.45, 2.75) is 32.6 Å². The highest BCUT2D eigenvalue weighted by molar-refractivity contribution is 7.80. The van der Waals surface area contributed by atoms with Crippen LogP contribution in [0.3, 0.4) is 0 Å². The number of rotatable bonds is 7. The van der Waals surface area contributed by atoms with E-state index in [1.54, 1.807) is 24.0 Å². The molecule has 0 bridgehead atoms. The number of anilines is 1. The fraction of sp³-hybridized carbons (Fsp3) is 0.556. The minimum Gasteiger partial charge on any atom is -0.462 e. The summed E-state index contributed by atoms with van der Waals surface area (Å²) in [7, 11) is 0. The van der Waals surface area contributed by atoms with Gasteiger partial charge in [-0.3, -0.25) is 0 Å². The average Bonchev–Trinajstić information content (AvgIpc) is 2.60. The van der Waals surface area contributed by atoms with E-state index in [2.05, 4.69) is 10.6 Å². The molecule has 2 rings (SSSR count). The van der Waals surface area contributed by atoms with E-state index in [0.29, 0.717) is 17.3 Å². The quantitative estimate of drug-likeness (QED) is 0.396. The van der Waals surface area contributed by atoms with Crippen LogP contribution < -0.4 is 15.5 Å². The first kappa shape index (κ1) is 18.7. The van der Waals surface area contributed by atoms with E-state index >= 15 is 0 Å². The topological polar surface area (TPSA) is 54.8 Å². The van der Waals surface area contributed by atoms with Crippen molar-refractivity contribution in [2.75, 3.05) is 38.1 Å². The number of hydrogen-bond acceptors (Lipinski definition) is 3. The number of likely N-dealkylation sites (tertiary alicyclic amines) is 1. The second kappa shape index (κ2) is 10.3. The van der Waals surface area contributed by atoms with Crippen LogP contribution in [0.15, 0.2) is 24.3 Å². The Bertz CT molecular complexity index is 528. The zero-order chi connectivity index (χ0) is 17.2. The molecule has 1 saturated heterocycles. The number of quaternary nitrogens is 1. The van der Waals surface area contributed by atoms with Crippen molar-refractivity contribution in [3.05, 3.63) is 29.8 Å².